The summed E-state index contributed by atoms with van der Waals surface area (Å²) in [5.74, 6) is 0.413. The quantitative estimate of drug-likeness (QED) is 0.814. The largest absolute Gasteiger partial charge is 0.329 e. The van der Waals surface area contributed by atoms with Gasteiger partial charge in [0.1, 0.15) is 4.90 Å². The van der Waals surface area contributed by atoms with Gasteiger partial charge < -0.3 is 5.73 Å². The Labute approximate surface area is 121 Å². The van der Waals surface area contributed by atoms with Crippen molar-refractivity contribution < 1.29 is 8.42 Å². The fourth-order valence-corrected chi connectivity index (χ4v) is 3.31. The van der Waals surface area contributed by atoms with E-state index in [0.29, 0.717) is 23.9 Å². The minimum absolute atomic E-state index is 0. The molecule has 19 heavy (non-hydrogen) atoms. The lowest BCUT2D eigenvalue weighted by atomic mass is 10.2. The topological polar surface area (TPSA) is 90.0 Å². The molecule has 0 spiro atoms. The number of halogens is 1. The molecular formula is C11H23ClN4O2S. The molecule has 0 amide bonds. The van der Waals surface area contributed by atoms with Gasteiger partial charge in [0.15, 0.2) is 0 Å². The average Bonchev–Trinajstić information content (AvgIpc) is 2.51. The smallest absolute Gasteiger partial charge is 0.244 e. The molecule has 6 nitrogen and oxygen atoms in total. The molecule has 3 N–H and O–H groups in total. The summed E-state index contributed by atoms with van der Waals surface area (Å²) in [5, 5.41) is 4.29. The van der Waals surface area contributed by atoms with Gasteiger partial charge in [0, 0.05) is 19.6 Å². The third-order valence-electron chi connectivity index (χ3n) is 2.56. The van der Waals surface area contributed by atoms with Crippen LogP contribution in [0, 0.1) is 19.8 Å². The van der Waals surface area contributed by atoms with E-state index in [9.17, 15) is 8.42 Å². The van der Waals surface area contributed by atoms with Gasteiger partial charge in [-0.3, -0.25) is 4.68 Å². The van der Waals surface area contributed by atoms with Gasteiger partial charge in [-0.2, -0.15) is 5.10 Å². The maximum absolute atomic E-state index is 12.1. The van der Waals surface area contributed by atoms with Gasteiger partial charge in [0.2, 0.25) is 10.0 Å². The maximum Gasteiger partial charge on any atom is 0.244 e. The molecule has 0 fully saturated rings. The highest BCUT2D eigenvalue weighted by molar-refractivity contribution is 7.89. The zero-order valence-corrected chi connectivity index (χ0v) is 13.4. The molecule has 0 radical (unpaired) electrons. The van der Waals surface area contributed by atoms with E-state index in [-0.39, 0.29) is 30.4 Å². The number of nitrogens with one attached hydrogen (secondary N) is 1. The van der Waals surface area contributed by atoms with Crippen LogP contribution in [-0.2, 0) is 16.6 Å². The summed E-state index contributed by atoms with van der Waals surface area (Å²) in [5.41, 5.74) is 6.51. The molecule has 1 aromatic heterocycles. The molecule has 0 atom stereocenters. The zero-order chi connectivity index (χ0) is 13.9. The Kier molecular flexibility index (Phi) is 6.99. The van der Waals surface area contributed by atoms with Crippen molar-refractivity contribution in [1.29, 1.82) is 0 Å². The van der Waals surface area contributed by atoms with Crippen LogP contribution < -0.4 is 10.5 Å². The van der Waals surface area contributed by atoms with E-state index in [0.717, 1.165) is 0 Å². The summed E-state index contributed by atoms with van der Waals surface area (Å²) in [6, 6.07) is 0. The highest BCUT2D eigenvalue weighted by Gasteiger charge is 2.24. The van der Waals surface area contributed by atoms with Crippen molar-refractivity contribution in [2.75, 3.05) is 13.1 Å². The van der Waals surface area contributed by atoms with Crippen LogP contribution in [0.15, 0.2) is 4.90 Å². The Morgan fingerprint density at radius 3 is 2.42 bits per heavy atom. The second-order valence-corrected chi connectivity index (χ2v) is 6.47. The number of nitrogens with zero attached hydrogens (tertiary/aromatic N) is 2. The van der Waals surface area contributed by atoms with Crippen LogP contribution in [-0.4, -0.2) is 31.3 Å². The van der Waals surface area contributed by atoms with Gasteiger partial charge in [0.25, 0.3) is 0 Å². The lowest BCUT2D eigenvalue weighted by Gasteiger charge is -2.08. The third-order valence-corrected chi connectivity index (χ3v) is 4.27. The van der Waals surface area contributed by atoms with Crippen molar-refractivity contribution in [3.63, 3.8) is 0 Å². The standard InChI is InChI=1S/C11H22N4O2S.ClH/c1-8(2)7-15-10(4)11(9(3)14-15)18(16,17)13-6-5-12;/h8,13H,5-7,12H2,1-4H3;1H. The molecule has 0 aliphatic carbocycles. The normalized spacial score (nSPS) is 11.7. The molecule has 0 aromatic carbocycles. The summed E-state index contributed by atoms with van der Waals surface area (Å²) < 4.78 is 28.4. The number of hydrogen-bond donors (Lipinski definition) is 2. The minimum atomic E-state index is -3.51. The van der Waals surface area contributed by atoms with Crippen LogP contribution in [0.1, 0.15) is 25.2 Å². The number of sulfonamides is 1. The Bertz CT molecular complexity index is 511. The van der Waals surface area contributed by atoms with Gasteiger partial charge in [0.05, 0.1) is 11.4 Å². The summed E-state index contributed by atoms with van der Waals surface area (Å²) >= 11 is 0. The van der Waals surface area contributed by atoms with Crippen molar-refractivity contribution >= 4 is 22.4 Å². The van der Waals surface area contributed by atoms with Crippen molar-refractivity contribution in [3.05, 3.63) is 11.4 Å². The van der Waals surface area contributed by atoms with E-state index in [2.05, 4.69) is 23.7 Å². The minimum Gasteiger partial charge on any atom is -0.329 e. The van der Waals surface area contributed by atoms with E-state index in [1.165, 1.54) is 0 Å². The van der Waals surface area contributed by atoms with Gasteiger partial charge in [-0.15, -0.1) is 12.4 Å². The first-order valence-corrected chi connectivity index (χ1v) is 7.51. The summed E-state index contributed by atoms with van der Waals surface area (Å²) in [4.78, 5) is 0.275. The fourth-order valence-electron chi connectivity index (χ4n) is 1.86. The van der Waals surface area contributed by atoms with E-state index >= 15 is 0 Å². The van der Waals surface area contributed by atoms with Crippen LogP contribution in [0.25, 0.3) is 0 Å². The Balaban J connectivity index is 0.00000324. The maximum atomic E-state index is 12.1. The van der Waals surface area contributed by atoms with Gasteiger partial charge in [-0.05, 0) is 19.8 Å². The van der Waals surface area contributed by atoms with Crippen LogP contribution >= 0.6 is 12.4 Å². The second kappa shape index (κ2) is 7.23. The van der Waals surface area contributed by atoms with Crippen molar-refractivity contribution in [3.8, 4) is 0 Å². The molecule has 0 unspecified atom stereocenters. The molecule has 0 saturated carbocycles. The highest BCUT2D eigenvalue weighted by atomic mass is 35.5. The van der Waals surface area contributed by atoms with Crippen LogP contribution in [0.5, 0.6) is 0 Å². The summed E-state index contributed by atoms with van der Waals surface area (Å²) in [7, 11) is -3.51. The first-order chi connectivity index (χ1) is 8.29. The first-order valence-electron chi connectivity index (χ1n) is 6.03. The van der Waals surface area contributed by atoms with Gasteiger partial charge in [-0.1, -0.05) is 13.8 Å². The number of hydrogen-bond acceptors (Lipinski definition) is 4. The Hall–Kier alpha value is -0.630. The fraction of sp³-hybridized carbons (Fsp3) is 0.727. The number of nitrogens with two attached hydrogens (primary N) is 1. The van der Waals surface area contributed by atoms with Crippen molar-refractivity contribution in [2.24, 2.45) is 11.7 Å². The monoisotopic (exact) mass is 310 g/mol. The summed E-state index contributed by atoms with van der Waals surface area (Å²) in [6.07, 6.45) is 0. The predicted molar refractivity (Wildman–Crippen MR) is 78.0 cm³/mol. The molecule has 1 heterocycles. The molecular weight excluding hydrogens is 288 g/mol. The third kappa shape index (κ3) is 4.45. The van der Waals surface area contributed by atoms with E-state index in [1.54, 1.807) is 18.5 Å². The lowest BCUT2D eigenvalue weighted by molar-refractivity contribution is 0.471. The van der Waals surface area contributed by atoms with Gasteiger partial charge >= 0.3 is 0 Å². The lowest BCUT2D eigenvalue weighted by Crippen LogP contribution is -2.29. The van der Waals surface area contributed by atoms with E-state index in [4.69, 9.17) is 5.73 Å². The number of aryl methyl sites for hydroxylation is 1. The predicted octanol–water partition coefficient (Wildman–Crippen LogP) is 0.815. The van der Waals surface area contributed by atoms with Gasteiger partial charge in [-0.25, -0.2) is 13.1 Å². The van der Waals surface area contributed by atoms with E-state index in [1.807, 2.05) is 0 Å². The van der Waals surface area contributed by atoms with Crippen molar-refractivity contribution in [1.82, 2.24) is 14.5 Å². The molecule has 112 valence electrons. The molecule has 0 bridgehead atoms. The molecule has 8 heteroatoms. The first kappa shape index (κ1) is 18.4. The number of aromatic nitrogens is 2. The van der Waals surface area contributed by atoms with Crippen LogP contribution in [0.3, 0.4) is 0 Å². The Morgan fingerprint density at radius 1 is 1.37 bits per heavy atom. The Morgan fingerprint density at radius 2 is 1.95 bits per heavy atom. The van der Waals surface area contributed by atoms with E-state index < -0.39 is 10.0 Å². The molecule has 0 aliphatic heterocycles. The molecule has 0 aliphatic rings. The second-order valence-electron chi connectivity index (χ2n) is 4.76. The van der Waals surface area contributed by atoms with Crippen molar-refractivity contribution in [2.45, 2.75) is 39.1 Å². The zero-order valence-electron chi connectivity index (χ0n) is 11.8. The SMILES string of the molecule is Cc1nn(CC(C)C)c(C)c1S(=O)(=O)NCCN.Cl. The molecule has 1 rings (SSSR count). The average molecular weight is 311 g/mol. The molecule has 1 aromatic rings. The van der Waals surface area contributed by atoms with Crippen LogP contribution in [0.4, 0.5) is 0 Å². The highest BCUT2D eigenvalue weighted by Crippen LogP contribution is 2.19. The number of rotatable bonds is 6. The summed E-state index contributed by atoms with van der Waals surface area (Å²) in [6.45, 7) is 8.84. The molecule has 0 saturated heterocycles. The van der Waals surface area contributed by atoms with Crippen LogP contribution in [0.2, 0.25) is 0 Å².